The van der Waals surface area contributed by atoms with Crippen molar-refractivity contribution in [3.63, 3.8) is 0 Å². The summed E-state index contributed by atoms with van der Waals surface area (Å²) in [5.74, 6) is 0.613. The van der Waals surface area contributed by atoms with Crippen molar-refractivity contribution in [1.29, 1.82) is 0 Å². The summed E-state index contributed by atoms with van der Waals surface area (Å²) in [5.41, 5.74) is 6.33. The van der Waals surface area contributed by atoms with Crippen LogP contribution in [0.4, 0.5) is 5.82 Å². The quantitative estimate of drug-likeness (QED) is 0.519. The van der Waals surface area contributed by atoms with Gasteiger partial charge in [0.2, 0.25) is 0 Å². The van der Waals surface area contributed by atoms with Gasteiger partial charge in [0.05, 0.1) is 5.52 Å². The summed E-state index contributed by atoms with van der Waals surface area (Å²) in [6, 6.07) is 4.89. The van der Waals surface area contributed by atoms with Crippen molar-refractivity contribution in [2.75, 3.05) is 5.73 Å². The summed E-state index contributed by atoms with van der Waals surface area (Å²) in [6.07, 6.45) is 0. The van der Waals surface area contributed by atoms with Crippen molar-refractivity contribution >= 4 is 16.7 Å². The van der Waals surface area contributed by atoms with E-state index in [1.165, 1.54) is 0 Å². The fourth-order valence-corrected chi connectivity index (χ4v) is 1.02. The molecule has 2 aromatic rings. The number of anilines is 1. The van der Waals surface area contributed by atoms with Crippen LogP contribution in [0.2, 0.25) is 0 Å². The van der Waals surface area contributed by atoms with E-state index in [1.54, 1.807) is 18.2 Å². The van der Waals surface area contributed by atoms with Crippen molar-refractivity contribution in [2.24, 2.45) is 0 Å². The first kappa shape index (κ1) is 6.03. The Balaban J connectivity index is 2.87. The van der Waals surface area contributed by atoms with Crippen molar-refractivity contribution in [3.05, 3.63) is 18.2 Å². The van der Waals surface area contributed by atoms with Gasteiger partial charge in [0.25, 0.3) is 0 Å². The SMILES string of the molecule is Nc1n[nH]c2ccc(O)cc12. The minimum atomic E-state index is 0.200. The minimum Gasteiger partial charge on any atom is -0.508 e. The summed E-state index contributed by atoms with van der Waals surface area (Å²) in [6.45, 7) is 0. The van der Waals surface area contributed by atoms with Crippen LogP contribution in [0.1, 0.15) is 0 Å². The van der Waals surface area contributed by atoms with Crippen LogP contribution in [0, 0.1) is 0 Å². The zero-order chi connectivity index (χ0) is 7.84. The Kier molecular flexibility index (Phi) is 1.03. The molecule has 0 fully saturated rings. The van der Waals surface area contributed by atoms with E-state index in [2.05, 4.69) is 10.2 Å². The van der Waals surface area contributed by atoms with Gasteiger partial charge in [0.15, 0.2) is 5.82 Å². The Morgan fingerprint density at radius 2 is 2.27 bits per heavy atom. The highest BCUT2D eigenvalue weighted by Crippen LogP contribution is 2.21. The number of rotatable bonds is 0. The molecule has 0 radical (unpaired) electrons. The molecule has 0 bridgehead atoms. The molecule has 0 spiro atoms. The van der Waals surface area contributed by atoms with Gasteiger partial charge in [-0.2, -0.15) is 5.10 Å². The van der Waals surface area contributed by atoms with Crippen LogP contribution in [0.3, 0.4) is 0 Å². The van der Waals surface area contributed by atoms with Gasteiger partial charge in [-0.3, -0.25) is 5.10 Å². The first-order chi connectivity index (χ1) is 5.27. The second kappa shape index (κ2) is 1.88. The number of nitrogens with one attached hydrogen (secondary N) is 1. The standard InChI is InChI=1S/C7H7N3O/c8-7-5-3-4(11)1-2-6(5)9-10-7/h1-3,11H,(H3,8,9,10). The van der Waals surface area contributed by atoms with Gasteiger partial charge >= 0.3 is 0 Å². The number of aromatic hydroxyl groups is 1. The first-order valence-electron chi connectivity index (χ1n) is 3.20. The number of phenols is 1. The third kappa shape index (κ3) is 0.797. The molecule has 4 nitrogen and oxygen atoms in total. The summed E-state index contributed by atoms with van der Waals surface area (Å²) in [4.78, 5) is 0. The number of hydrogen-bond acceptors (Lipinski definition) is 3. The first-order valence-corrected chi connectivity index (χ1v) is 3.20. The number of nitrogen functional groups attached to an aromatic ring is 1. The molecule has 1 heterocycles. The Morgan fingerprint density at radius 1 is 1.45 bits per heavy atom. The molecule has 0 saturated heterocycles. The monoisotopic (exact) mass is 149 g/mol. The second-order valence-electron chi connectivity index (χ2n) is 2.34. The molecule has 0 aliphatic carbocycles. The van der Waals surface area contributed by atoms with Crippen molar-refractivity contribution < 1.29 is 5.11 Å². The van der Waals surface area contributed by atoms with Crippen molar-refractivity contribution in [2.45, 2.75) is 0 Å². The predicted molar refractivity (Wildman–Crippen MR) is 42.2 cm³/mol. The van der Waals surface area contributed by atoms with E-state index < -0.39 is 0 Å². The summed E-state index contributed by atoms with van der Waals surface area (Å²) in [5, 5.41) is 16.3. The van der Waals surface area contributed by atoms with Gasteiger partial charge in [-0.1, -0.05) is 0 Å². The lowest BCUT2D eigenvalue weighted by atomic mass is 10.2. The number of phenolic OH excluding ortho intramolecular Hbond substituents is 1. The molecule has 11 heavy (non-hydrogen) atoms. The fourth-order valence-electron chi connectivity index (χ4n) is 1.02. The molecule has 4 heteroatoms. The molecule has 0 aliphatic rings. The summed E-state index contributed by atoms with van der Waals surface area (Å²) < 4.78 is 0. The van der Waals surface area contributed by atoms with Gasteiger partial charge in [-0.05, 0) is 18.2 Å². The molecular formula is C7H7N3O. The Morgan fingerprint density at radius 3 is 3.09 bits per heavy atom. The van der Waals surface area contributed by atoms with E-state index in [0.29, 0.717) is 5.82 Å². The van der Waals surface area contributed by atoms with E-state index in [1.807, 2.05) is 0 Å². The van der Waals surface area contributed by atoms with E-state index >= 15 is 0 Å². The van der Waals surface area contributed by atoms with Crippen molar-refractivity contribution in [3.8, 4) is 5.75 Å². The third-order valence-corrected chi connectivity index (χ3v) is 1.58. The largest absolute Gasteiger partial charge is 0.508 e. The topological polar surface area (TPSA) is 74.9 Å². The lowest BCUT2D eigenvalue weighted by molar-refractivity contribution is 0.476. The number of benzene rings is 1. The molecule has 0 unspecified atom stereocenters. The minimum absolute atomic E-state index is 0.200. The van der Waals surface area contributed by atoms with Crippen molar-refractivity contribution in [1.82, 2.24) is 10.2 Å². The molecule has 0 amide bonds. The van der Waals surface area contributed by atoms with E-state index in [4.69, 9.17) is 10.8 Å². The van der Waals surface area contributed by atoms with Crippen LogP contribution in [-0.2, 0) is 0 Å². The number of nitrogens with two attached hydrogens (primary N) is 1. The highest BCUT2D eigenvalue weighted by atomic mass is 16.3. The molecule has 0 saturated carbocycles. The Labute approximate surface area is 62.6 Å². The zero-order valence-electron chi connectivity index (χ0n) is 5.70. The van der Waals surface area contributed by atoms with Crippen LogP contribution >= 0.6 is 0 Å². The normalized spacial score (nSPS) is 10.5. The highest BCUT2D eigenvalue weighted by molar-refractivity contribution is 5.89. The molecule has 1 aromatic heterocycles. The molecule has 0 aliphatic heterocycles. The van der Waals surface area contributed by atoms with Gasteiger partial charge in [-0.15, -0.1) is 0 Å². The number of hydrogen-bond donors (Lipinski definition) is 3. The summed E-state index contributed by atoms with van der Waals surface area (Å²) in [7, 11) is 0. The molecule has 2 rings (SSSR count). The highest BCUT2D eigenvalue weighted by Gasteiger charge is 2.00. The number of nitrogens with zero attached hydrogens (tertiary/aromatic N) is 1. The van der Waals surface area contributed by atoms with Crippen LogP contribution in [0.5, 0.6) is 5.75 Å². The van der Waals surface area contributed by atoms with Gasteiger partial charge < -0.3 is 10.8 Å². The average molecular weight is 149 g/mol. The molecule has 56 valence electrons. The number of H-pyrrole nitrogens is 1. The van der Waals surface area contributed by atoms with Crippen LogP contribution < -0.4 is 5.73 Å². The predicted octanol–water partition coefficient (Wildman–Crippen LogP) is 0.851. The van der Waals surface area contributed by atoms with Crippen LogP contribution in [0.25, 0.3) is 10.9 Å². The van der Waals surface area contributed by atoms with E-state index in [-0.39, 0.29) is 5.75 Å². The van der Waals surface area contributed by atoms with Gasteiger partial charge in [0, 0.05) is 5.39 Å². The summed E-state index contributed by atoms with van der Waals surface area (Å²) >= 11 is 0. The average Bonchev–Trinajstić information content (AvgIpc) is 2.33. The van der Waals surface area contributed by atoms with E-state index in [9.17, 15) is 0 Å². The fraction of sp³-hybridized carbons (Fsp3) is 0. The molecular weight excluding hydrogens is 142 g/mol. The maximum Gasteiger partial charge on any atom is 0.153 e. The zero-order valence-corrected chi connectivity index (χ0v) is 5.70. The Bertz CT molecular complexity index is 393. The number of aromatic amines is 1. The maximum atomic E-state index is 9.08. The van der Waals surface area contributed by atoms with E-state index in [0.717, 1.165) is 10.9 Å². The van der Waals surface area contributed by atoms with Crippen LogP contribution in [-0.4, -0.2) is 15.3 Å². The van der Waals surface area contributed by atoms with Gasteiger partial charge in [0.1, 0.15) is 5.75 Å². The molecule has 4 N–H and O–H groups in total. The Hall–Kier alpha value is -1.71. The second-order valence-corrected chi connectivity index (χ2v) is 2.34. The molecule has 1 aromatic carbocycles. The lowest BCUT2D eigenvalue weighted by Crippen LogP contribution is -1.83. The third-order valence-electron chi connectivity index (χ3n) is 1.58. The lowest BCUT2D eigenvalue weighted by Gasteiger charge is -1.90. The number of fused-ring (bicyclic) bond motifs is 1. The van der Waals surface area contributed by atoms with Gasteiger partial charge in [-0.25, -0.2) is 0 Å². The number of aromatic nitrogens is 2. The smallest absolute Gasteiger partial charge is 0.153 e. The van der Waals surface area contributed by atoms with Crippen LogP contribution in [0.15, 0.2) is 18.2 Å². The maximum absolute atomic E-state index is 9.08. The molecule has 0 atom stereocenters.